The van der Waals surface area contributed by atoms with E-state index in [1.807, 2.05) is 6.08 Å². The van der Waals surface area contributed by atoms with Crippen molar-refractivity contribution >= 4 is 0 Å². The zero-order valence-electron chi connectivity index (χ0n) is 13.4. The number of rotatable bonds is 6. The molecular weight excluding hydrogens is 254 g/mol. The van der Waals surface area contributed by atoms with Gasteiger partial charge in [0.25, 0.3) is 0 Å². The minimum Gasteiger partial charge on any atom is -0.289 e. The van der Waals surface area contributed by atoms with Crippen LogP contribution in [0.4, 0.5) is 0 Å². The summed E-state index contributed by atoms with van der Waals surface area (Å²) in [5.74, 6) is 0.613. The van der Waals surface area contributed by atoms with Crippen LogP contribution in [0.1, 0.15) is 32.3 Å². The Labute approximate surface area is 129 Å². The summed E-state index contributed by atoms with van der Waals surface area (Å²) in [5.41, 5.74) is 4.16. The molecule has 1 aromatic rings. The first-order valence-corrected chi connectivity index (χ1v) is 7.82. The normalized spacial score (nSPS) is 22.0. The molecule has 0 fully saturated rings. The molecule has 21 heavy (non-hydrogen) atoms. The van der Waals surface area contributed by atoms with Crippen LogP contribution in [0.25, 0.3) is 0 Å². The van der Waals surface area contributed by atoms with Gasteiger partial charge in [0.15, 0.2) is 0 Å². The van der Waals surface area contributed by atoms with Gasteiger partial charge in [0, 0.05) is 19.1 Å². The maximum absolute atomic E-state index is 4.16. The molecule has 0 aromatic heterocycles. The summed E-state index contributed by atoms with van der Waals surface area (Å²) in [4.78, 5) is 2.53. The summed E-state index contributed by atoms with van der Waals surface area (Å²) in [6, 6.07) is 11.2. The van der Waals surface area contributed by atoms with E-state index in [1.54, 1.807) is 0 Å². The van der Waals surface area contributed by atoms with Gasteiger partial charge in [0.05, 0.1) is 0 Å². The minimum atomic E-state index is 0.499. The van der Waals surface area contributed by atoms with E-state index in [-0.39, 0.29) is 0 Å². The lowest BCUT2D eigenvalue weighted by atomic mass is 9.82. The molecule has 0 N–H and O–H groups in total. The van der Waals surface area contributed by atoms with Crippen LogP contribution < -0.4 is 0 Å². The molecule has 0 amide bonds. The average Bonchev–Trinajstić information content (AvgIpc) is 2.48. The third-order valence-corrected chi connectivity index (χ3v) is 4.49. The first kappa shape index (κ1) is 15.8. The van der Waals surface area contributed by atoms with E-state index in [0.717, 1.165) is 19.5 Å². The van der Waals surface area contributed by atoms with Crippen molar-refractivity contribution in [3.8, 4) is 0 Å². The van der Waals surface area contributed by atoms with Gasteiger partial charge in [-0.2, -0.15) is 0 Å². The SMILES string of the molecule is C=CCN(Cc1ccccc1)[C@@H]1C[C@@H](C(=C)C)CC=C1C. The molecule has 1 aliphatic carbocycles. The third-order valence-electron chi connectivity index (χ3n) is 4.49. The number of benzene rings is 1. The van der Waals surface area contributed by atoms with Gasteiger partial charge in [-0.1, -0.05) is 60.2 Å². The number of hydrogen-bond donors (Lipinski definition) is 0. The summed E-state index contributed by atoms with van der Waals surface area (Å²) >= 11 is 0. The second kappa shape index (κ2) is 7.42. The highest BCUT2D eigenvalue weighted by atomic mass is 15.2. The third kappa shape index (κ3) is 4.18. The average molecular weight is 281 g/mol. The number of nitrogens with zero attached hydrogens (tertiary/aromatic N) is 1. The Balaban J connectivity index is 2.16. The molecule has 2 rings (SSSR count). The van der Waals surface area contributed by atoms with Gasteiger partial charge in [0.2, 0.25) is 0 Å². The maximum atomic E-state index is 4.16. The Morgan fingerprint density at radius 1 is 1.33 bits per heavy atom. The van der Waals surface area contributed by atoms with Crippen molar-refractivity contribution in [1.82, 2.24) is 4.90 Å². The van der Waals surface area contributed by atoms with Crippen LogP contribution in [0.5, 0.6) is 0 Å². The summed E-state index contributed by atoms with van der Waals surface area (Å²) in [6.07, 6.45) is 6.73. The fraction of sp³-hybridized carbons (Fsp3) is 0.400. The highest BCUT2D eigenvalue weighted by molar-refractivity contribution is 5.20. The molecule has 0 aliphatic heterocycles. The van der Waals surface area contributed by atoms with Crippen LogP contribution in [0.2, 0.25) is 0 Å². The van der Waals surface area contributed by atoms with Gasteiger partial charge in [-0.25, -0.2) is 0 Å². The Morgan fingerprint density at radius 2 is 2.05 bits per heavy atom. The molecule has 0 bridgehead atoms. The molecule has 0 radical (unpaired) electrons. The number of hydrogen-bond acceptors (Lipinski definition) is 1. The number of allylic oxidation sites excluding steroid dienone is 2. The van der Waals surface area contributed by atoms with Crippen LogP contribution >= 0.6 is 0 Å². The zero-order chi connectivity index (χ0) is 15.2. The first-order chi connectivity index (χ1) is 10.1. The van der Waals surface area contributed by atoms with E-state index < -0.39 is 0 Å². The Kier molecular flexibility index (Phi) is 5.58. The van der Waals surface area contributed by atoms with E-state index in [1.165, 1.54) is 23.1 Å². The molecular formula is C20H27N. The lowest BCUT2D eigenvalue weighted by Gasteiger charge is -2.37. The molecule has 1 nitrogen and oxygen atoms in total. The maximum Gasteiger partial charge on any atom is 0.0317 e. The van der Waals surface area contributed by atoms with Gasteiger partial charge in [-0.15, -0.1) is 6.58 Å². The fourth-order valence-electron chi connectivity index (χ4n) is 3.14. The second-order valence-corrected chi connectivity index (χ2v) is 6.18. The standard InChI is InChI=1S/C20H27N/c1-5-13-21(15-18-9-7-6-8-10-18)20-14-19(16(2)3)12-11-17(20)4/h5-11,19-20H,1-2,12-15H2,3-4H3/t19-,20+/m0/s1. The largest absolute Gasteiger partial charge is 0.289 e. The molecule has 112 valence electrons. The topological polar surface area (TPSA) is 3.24 Å². The van der Waals surface area contributed by atoms with Gasteiger partial charge in [-0.05, 0) is 38.2 Å². The molecule has 0 spiro atoms. The summed E-state index contributed by atoms with van der Waals surface area (Å²) < 4.78 is 0. The highest BCUT2D eigenvalue weighted by Gasteiger charge is 2.26. The van der Waals surface area contributed by atoms with E-state index in [2.05, 4.69) is 68.3 Å². The van der Waals surface area contributed by atoms with Crippen molar-refractivity contribution < 1.29 is 0 Å². The van der Waals surface area contributed by atoms with Crippen molar-refractivity contribution in [2.45, 2.75) is 39.3 Å². The van der Waals surface area contributed by atoms with Crippen molar-refractivity contribution in [3.63, 3.8) is 0 Å². The zero-order valence-corrected chi connectivity index (χ0v) is 13.4. The minimum absolute atomic E-state index is 0.499. The molecule has 0 saturated carbocycles. The van der Waals surface area contributed by atoms with E-state index in [9.17, 15) is 0 Å². The van der Waals surface area contributed by atoms with Crippen LogP contribution in [-0.4, -0.2) is 17.5 Å². The summed E-state index contributed by atoms with van der Waals surface area (Å²) in [7, 11) is 0. The van der Waals surface area contributed by atoms with Gasteiger partial charge in [0.1, 0.15) is 0 Å². The quantitative estimate of drug-likeness (QED) is 0.665. The first-order valence-electron chi connectivity index (χ1n) is 7.82. The van der Waals surface area contributed by atoms with Crippen LogP contribution in [0, 0.1) is 5.92 Å². The predicted molar refractivity (Wildman–Crippen MR) is 92.1 cm³/mol. The van der Waals surface area contributed by atoms with E-state index in [0.29, 0.717) is 12.0 Å². The van der Waals surface area contributed by atoms with Crippen molar-refractivity contribution in [2.24, 2.45) is 5.92 Å². The van der Waals surface area contributed by atoms with Crippen LogP contribution in [0.15, 0.2) is 66.8 Å². The van der Waals surface area contributed by atoms with Crippen LogP contribution in [0.3, 0.4) is 0 Å². The Bertz CT molecular complexity index is 512. The molecule has 0 saturated heterocycles. The van der Waals surface area contributed by atoms with E-state index >= 15 is 0 Å². The molecule has 0 heterocycles. The van der Waals surface area contributed by atoms with Crippen molar-refractivity contribution in [1.29, 1.82) is 0 Å². The Hall–Kier alpha value is -1.60. The summed E-state index contributed by atoms with van der Waals surface area (Å²) in [5, 5.41) is 0. The molecule has 1 aromatic carbocycles. The summed E-state index contributed by atoms with van der Waals surface area (Å²) in [6.45, 7) is 14.4. The molecule has 1 heteroatoms. The highest BCUT2D eigenvalue weighted by Crippen LogP contribution is 2.32. The lowest BCUT2D eigenvalue weighted by molar-refractivity contribution is 0.202. The fourth-order valence-corrected chi connectivity index (χ4v) is 3.14. The van der Waals surface area contributed by atoms with Crippen molar-refractivity contribution in [2.75, 3.05) is 6.54 Å². The van der Waals surface area contributed by atoms with Gasteiger partial charge >= 0.3 is 0 Å². The van der Waals surface area contributed by atoms with Crippen LogP contribution in [-0.2, 0) is 6.54 Å². The lowest BCUT2D eigenvalue weighted by Crippen LogP contribution is -2.39. The molecule has 2 atom stereocenters. The van der Waals surface area contributed by atoms with Gasteiger partial charge < -0.3 is 0 Å². The Morgan fingerprint density at radius 3 is 2.67 bits per heavy atom. The van der Waals surface area contributed by atoms with Gasteiger partial charge in [-0.3, -0.25) is 4.90 Å². The monoisotopic (exact) mass is 281 g/mol. The molecule has 1 aliphatic rings. The van der Waals surface area contributed by atoms with E-state index in [4.69, 9.17) is 0 Å². The smallest absolute Gasteiger partial charge is 0.0317 e. The predicted octanol–water partition coefficient (Wildman–Crippen LogP) is 4.98. The molecule has 0 unspecified atom stereocenters. The second-order valence-electron chi connectivity index (χ2n) is 6.18. The van der Waals surface area contributed by atoms with Crippen molar-refractivity contribution in [3.05, 3.63) is 72.4 Å².